The number of imide groups is 1. The maximum Gasteiger partial charge on any atom is 0.238 e. The van der Waals surface area contributed by atoms with Crippen LogP contribution >= 0.6 is 0 Å². The lowest BCUT2D eigenvalue weighted by atomic mass is 9.45. The van der Waals surface area contributed by atoms with Gasteiger partial charge in [0, 0.05) is 8.07 Å². The number of fused-ring (bicyclic) bond motifs is 5. The zero-order chi connectivity index (χ0) is 20.5. The molecule has 2 amide bonds. The molecule has 1 aliphatic heterocycles. The second kappa shape index (κ2) is 5.32. The molecular formula is C25H31NO2Si. The minimum Gasteiger partial charge on any atom is -0.274 e. The molecule has 0 radical (unpaired) electrons. The molecule has 3 nitrogen and oxygen atoms in total. The number of amides is 2. The van der Waals surface area contributed by atoms with Crippen molar-refractivity contribution in [1.29, 1.82) is 0 Å². The highest BCUT2D eigenvalue weighted by atomic mass is 28.3. The molecule has 0 N–H and O–H groups in total. The molecule has 5 aliphatic carbocycles. The first-order chi connectivity index (χ1) is 13.6. The molecule has 7 rings (SSSR count). The Balaban J connectivity index is 1.48. The van der Waals surface area contributed by atoms with Crippen LogP contribution in [0.3, 0.4) is 0 Å². The predicted molar refractivity (Wildman–Crippen MR) is 117 cm³/mol. The summed E-state index contributed by atoms with van der Waals surface area (Å²) in [5, 5.41) is 0. The highest BCUT2D eigenvalue weighted by Crippen LogP contribution is 2.76. The van der Waals surface area contributed by atoms with E-state index < -0.39 is 8.07 Å². The van der Waals surface area contributed by atoms with Crippen molar-refractivity contribution in [3.05, 3.63) is 41.5 Å². The predicted octanol–water partition coefficient (Wildman–Crippen LogP) is 5.12. The monoisotopic (exact) mass is 405 g/mol. The lowest BCUT2D eigenvalue weighted by Crippen LogP contribution is -2.51. The number of nitrogens with zero attached hydrogens (tertiary/aromatic N) is 1. The topological polar surface area (TPSA) is 37.4 Å². The van der Waals surface area contributed by atoms with E-state index >= 15 is 0 Å². The van der Waals surface area contributed by atoms with Gasteiger partial charge in [0.15, 0.2) is 0 Å². The Morgan fingerprint density at radius 1 is 0.931 bits per heavy atom. The van der Waals surface area contributed by atoms with Crippen molar-refractivity contribution in [2.24, 2.45) is 40.9 Å². The number of rotatable bonds is 2. The summed E-state index contributed by atoms with van der Waals surface area (Å²) in [5.74, 6) is 1.99. The quantitative estimate of drug-likeness (QED) is 0.389. The van der Waals surface area contributed by atoms with Gasteiger partial charge in [0.25, 0.3) is 0 Å². The van der Waals surface area contributed by atoms with E-state index in [0.29, 0.717) is 28.7 Å². The summed E-state index contributed by atoms with van der Waals surface area (Å²) < 4.78 is 0. The number of hydrogen-bond donors (Lipinski definition) is 0. The van der Waals surface area contributed by atoms with Crippen molar-refractivity contribution < 1.29 is 9.59 Å². The lowest BCUT2D eigenvalue weighted by Gasteiger charge is -2.59. The lowest BCUT2D eigenvalue weighted by molar-refractivity contribution is -0.123. The minimum atomic E-state index is -1.52. The van der Waals surface area contributed by atoms with Crippen LogP contribution in [-0.2, 0) is 9.59 Å². The van der Waals surface area contributed by atoms with Crippen LogP contribution in [0.2, 0.25) is 25.2 Å². The molecule has 29 heavy (non-hydrogen) atoms. The first-order valence-electron chi connectivity index (χ1n) is 11.3. The molecule has 2 saturated carbocycles. The van der Waals surface area contributed by atoms with E-state index in [4.69, 9.17) is 0 Å². The molecule has 7 atom stereocenters. The molecule has 7 unspecified atom stereocenters. The fourth-order valence-corrected chi connectivity index (χ4v) is 11.1. The molecule has 1 saturated heterocycles. The zero-order valence-electron chi connectivity index (χ0n) is 18.1. The van der Waals surface area contributed by atoms with Crippen molar-refractivity contribution >= 4 is 25.6 Å². The average molecular weight is 406 g/mol. The van der Waals surface area contributed by atoms with Crippen LogP contribution in [0.1, 0.15) is 26.7 Å². The summed E-state index contributed by atoms with van der Waals surface area (Å²) in [6, 6.07) is 9.59. The molecule has 4 bridgehead atoms. The van der Waals surface area contributed by atoms with Gasteiger partial charge in [0.05, 0.1) is 17.5 Å². The Hall–Kier alpha value is -1.68. The number of para-hydroxylation sites is 1. The largest absolute Gasteiger partial charge is 0.274 e. The van der Waals surface area contributed by atoms with Crippen molar-refractivity contribution in [1.82, 2.24) is 0 Å². The van der Waals surface area contributed by atoms with Crippen LogP contribution in [-0.4, -0.2) is 19.9 Å². The third-order valence-electron chi connectivity index (χ3n) is 9.40. The molecule has 1 aromatic rings. The molecule has 1 aromatic carbocycles. The molecule has 4 heteroatoms. The summed E-state index contributed by atoms with van der Waals surface area (Å²) in [4.78, 5) is 28.9. The van der Waals surface area contributed by atoms with E-state index in [0.717, 1.165) is 11.6 Å². The number of allylic oxidation sites excluding steroid dienone is 2. The van der Waals surface area contributed by atoms with Crippen LogP contribution in [0.5, 0.6) is 0 Å². The van der Waals surface area contributed by atoms with E-state index in [2.05, 4.69) is 33.5 Å². The smallest absolute Gasteiger partial charge is 0.238 e. The third kappa shape index (κ3) is 2.00. The standard InChI is InChI=1S/C25H31NO2Si/c1-25(2)13-11-15-17(16(25)12-13)19-21-20(18(15)22(19)29(3,4)5)23(27)26(24(21)28)14-9-7-6-8-10-14/h6-10,13,16,18-22H,11-12H2,1-5H3. The Morgan fingerprint density at radius 3 is 2.14 bits per heavy atom. The van der Waals surface area contributed by atoms with Gasteiger partial charge in [-0.05, 0) is 59.6 Å². The van der Waals surface area contributed by atoms with E-state index in [9.17, 15) is 9.59 Å². The van der Waals surface area contributed by atoms with Gasteiger partial charge >= 0.3 is 0 Å². The summed E-state index contributed by atoms with van der Waals surface area (Å²) >= 11 is 0. The second-order valence-corrected chi connectivity index (χ2v) is 17.2. The summed E-state index contributed by atoms with van der Waals surface area (Å²) in [6.07, 6.45) is 2.48. The van der Waals surface area contributed by atoms with Gasteiger partial charge in [0.1, 0.15) is 0 Å². The van der Waals surface area contributed by atoms with Crippen molar-refractivity contribution in [3.8, 4) is 0 Å². The fourth-order valence-electron chi connectivity index (χ4n) is 8.14. The highest BCUT2D eigenvalue weighted by Gasteiger charge is 2.73. The number of hydrogen-bond acceptors (Lipinski definition) is 2. The minimum absolute atomic E-state index is 0.0759. The number of anilines is 1. The normalized spacial score (nSPS) is 41.6. The molecule has 0 aromatic heterocycles. The van der Waals surface area contributed by atoms with E-state index in [1.54, 1.807) is 11.1 Å². The molecular weight excluding hydrogens is 374 g/mol. The van der Waals surface area contributed by atoms with E-state index in [-0.39, 0.29) is 23.7 Å². The number of carbonyl (C=O) groups excluding carboxylic acids is 2. The van der Waals surface area contributed by atoms with Gasteiger partial charge in [-0.2, -0.15) is 0 Å². The van der Waals surface area contributed by atoms with Crippen molar-refractivity contribution in [2.45, 2.75) is 51.9 Å². The van der Waals surface area contributed by atoms with Gasteiger partial charge in [-0.1, -0.05) is 62.8 Å². The maximum atomic E-state index is 13.7. The van der Waals surface area contributed by atoms with Gasteiger partial charge in [-0.25, -0.2) is 0 Å². The Kier molecular flexibility index (Phi) is 3.32. The maximum absolute atomic E-state index is 13.7. The fraction of sp³-hybridized carbons (Fsp3) is 0.600. The van der Waals surface area contributed by atoms with Gasteiger partial charge in [-0.15, -0.1) is 0 Å². The Labute approximate surface area is 174 Å². The Morgan fingerprint density at radius 2 is 1.55 bits per heavy atom. The summed E-state index contributed by atoms with van der Waals surface area (Å²) in [5.41, 5.74) is 4.95. The molecule has 3 fully saturated rings. The van der Waals surface area contributed by atoms with Crippen LogP contribution in [0.15, 0.2) is 41.5 Å². The van der Waals surface area contributed by atoms with Crippen LogP contribution in [0.4, 0.5) is 5.69 Å². The second-order valence-electron chi connectivity index (χ2n) is 11.8. The van der Waals surface area contributed by atoms with Crippen LogP contribution in [0.25, 0.3) is 0 Å². The van der Waals surface area contributed by atoms with Crippen molar-refractivity contribution in [3.63, 3.8) is 0 Å². The van der Waals surface area contributed by atoms with E-state index in [1.165, 1.54) is 17.7 Å². The highest BCUT2D eigenvalue weighted by molar-refractivity contribution is 6.78. The van der Waals surface area contributed by atoms with Crippen LogP contribution in [0, 0.1) is 40.9 Å². The van der Waals surface area contributed by atoms with Crippen molar-refractivity contribution in [2.75, 3.05) is 4.90 Å². The average Bonchev–Trinajstić information content (AvgIpc) is 3.28. The Bertz CT molecular complexity index is 972. The third-order valence-corrected chi connectivity index (χ3v) is 12.1. The molecule has 6 aliphatic rings. The van der Waals surface area contributed by atoms with Crippen LogP contribution < -0.4 is 4.90 Å². The summed E-state index contributed by atoms with van der Waals surface area (Å²) in [7, 11) is -1.52. The summed E-state index contributed by atoms with van der Waals surface area (Å²) in [6.45, 7) is 12.2. The zero-order valence-corrected chi connectivity index (χ0v) is 19.1. The molecule has 1 heterocycles. The van der Waals surface area contributed by atoms with E-state index in [1.807, 2.05) is 30.3 Å². The van der Waals surface area contributed by atoms with Gasteiger partial charge < -0.3 is 0 Å². The van der Waals surface area contributed by atoms with Gasteiger partial charge in [-0.3, -0.25) is 14.5 Å². The molecule has 152 valence electrons. The first-order valence-corrected chi connectivity index (χ1v) is 14.9. The molecule has 0 spiro atoms. The first kappa shape index (κ1) is 18.1. The van der Waals surface area contributed by atoms with Gasteiger partial charge in [0.2, 0.25) is 11.8 Å². The SMILES string of the molecule is CC1(C)C2CC3=C(C4C5C(=O)N(c6ccccc6)C(=O)C5C3C4[Si](C)(C)C)C1C2. The number of carbonyl (C=O) groups is 2. The number of benzene rings is 1.